The fraction of sp³-hybridized carbons (Fsp3) is 0.579. The first kappa shape index (κ1) is 45.7. The maximum absolute atomic E-state index is 12.5. The summed E-state index contributed by atoms with van der Waals surface area (Å²) in [7, 11) is 5.96. The molecule has 0 aromatic carbocycles. The van der Waals surface area contributed by atoms with Crippen LogP contribution in [-0.4, -0.2) is 113 Å². The highest BCUT2D eigenvalue weighted by Gasteiger charge is 2.33. The number of rotatable bonds is 10. The molecule has 2 fully saturated rings. The lowest BCUT2D eigenvalue weighted by molar-refractivity contribution is -0.129. The van der Waals surface area contributed by atoms with Crippen molar-refractivity contribution in [1.82, 2.24) is 9.80 Å². The first-order chi connectivity index (χ1) is 24.8. The average molecular weight is 838 g/mol. The molecule has 15 heteroatoms. The van der Waals surface area contributed by atoms with E-state index >= 15 is 0 Å². The fourth-order valence-electron chi connectivity index (χ4n) is 4.64. The van der Waals surface area contributed by atoms with E-state index < -0.39 is 5.97 Å². The SMILES string of the molecule is COC(=O)c1sc(C#CC(C)(C)C)cc1Br.COCCN1CC[C@H](N)C1=O.COCCN1CC[C@H](Nc2cc(C#CC(C)(C)C)sc2C(=O)OC)C1=O. The zero-order chi connectivity index (χ0) is 39.9. The summed E-state index contributed by atoms with van der Waals surface area (Å²) >= 11 is 5.94. The van der Waals surface area contributed by atoms with Crippen LogP contribution in [0.5, 0.6) is 0 Å². The van der Waals surface area contributed by atoms with Crippen molar-refractivity contribution in [2.75, 3.05) is 73.1 Å². The summed E-state index contributed by atoms with van der Waals surface area (Å²) in [5.41, 5.74) is 5.94. The molecule has 53 heavy (non-hydrogen) atoms. The van der Waals surface area contributed by atoms with Crippen LogP contribution < -0.4 is 11.1 Å². The van der Waals surface area contributed by atoms with Gasteiger partial charge in [-0.2, -0.15) is 0 Å². The highest BCUT2D eigenvalue weighted by molar-refractivity contribution is 9.10. The second-order valence-electron chi connectivity index (χ2n) is 14.1. The van der Waals surface area contributed by atoms with E-state index in [0.717, 1.165) is 27.2 Å². The Balaban J connectivity index is 0.000000305. The molecule has 0 unspecified atom stereocenters. The molecule has 2 aliphatic heterocycles. The number of carbonyl (C=O) groups is 4. The van der Waals surface area contributed by atoms with Crippen LogP contribution in [0.3, 0.4) is 0 Å². The van der Waals surface area contributed by atoms with Crippen molar-refractivity contribution in [2.45, 2.75) is 66.5 Å². The van der Waals surface area contributed by atoms with E-state index in [2.05, 4.69) is 49.7 Å². The van der Waals surface area contributed by atoms with Crippen LogP contribution in [0.4, 0.5) is 5.69 Å². The van der Waals surface area contributed by atoms with E-state index in [-0.39, 0.29) is 40.7 Å². The van der Waals surface area contributed by atoms with Crippen LogP contribution >= 0.6 is 38.6 Å². The first-order valence-electron chi connectivity index (χ1n) is 17.1. The summed E-state index contributed by atoms with van der Waals surface area (Å²) in [5, 5.41) is 3.21. The van der Waals surface area contributed by atoms with Gasteiger partial charge >= 0.3 is 11.9 Å². The van der Waals surface area contributed by atoms with Gasteiger partial charge in [0.1, 0.15) is 15.8 Å². The molecule has 2 aliphatic rings. The van der Waals surface area contributed by atoms with Gasteiger partial charge in [-0.3, -0.25) is 9.59 Å². The number of likely N-dealkylation sites (tertiary alicyclic amines) is 2. The molecule has 2 aromatic rings. The molecule has 4 heterocycles. The molecular formula is C38H53BrN4O8S2. The third-order valence-electron chi connectivity index (χ3n) is 7.38. The molecule has 0 radical (unpaired) electrons. The van der Waals surface area contributed by atoms with Crippen molar-refractivity contribution in [3.05, 3.63) is 36.1 Å². The largest absolute Gasteiger partial charge is 0.465 e. The Labute approximate surface area is 330 Å². The number of esters is 2. The molecule has 0 saturated carbocycles. The number of nitrogens with two attached hydrogens (primary N) is 1. The Morgan fingerprint density at radius 3 is 1.75 bits per heavy atom. The molecule has 4 rings (SSSR count). The van der Waals surface area contributed by atoms with Gasteiger partial charge in [-0.05, 0) is 82.4 Å². The number of halogens is 1. The number of hydrogen-bond acceptors (Lipinski definition) is 12. The second kappa shape index (κ2) is 21.4. The van der Waals surface area contributed by atoms with Crippen LogP contribution in [0.25, 0.3) is 0 Å². The van der Waals surface area contributed by atoms with E-state index in [4.69, 9.17) is 19.9 Å². The van der Waals surface area contributed by atoms with Crippen molar-refractivity contribution in [1.29, 1.82) is 0 Å². The van der Waals surface area contributed by atoms with E-state index in [0.29, 0.717) is 54.7 Å². The lowest BCUT2D eigenvalue weighted by atomic mass is 9.98. The van der Waals surface area contributed by atoms with Crippen molar-refractivity contribution >= 4 is 68.0 Å². The average Bonchev–Trinajstić information content (AvgIpc) is 3.87. The van der Waals surface area contributed by atoms with Crippen LogP contribution in [0, 0.1) is 34.5 Å². The fourth-order valence-corrected chi connectivity index (χ4v) is 7.14. The predicted molar refractivity (Wildman–Crippen MR) is 213 cm³/mol. The molecule has 2 atom stereocenters. The van der Waals surface area contributed by atoms with Gasteiger partial charge in [0.25, 0.3) is 0 Å². The number of nitrogens with zero attached hydrogens (tertiary/aromatic N) is 2. The minimum absolute atomic E-state index is 0.0198. The number of amides is 2. The number of methoxy groups -OCH3 is 4. The van der Waals surface area contributed by atoms with Gasteiger partial charge < -0.3 is 39.8 Å². The molecule has 12 nitrogen and oxygen atoms in total. The lowest BCUT2D eigenvalue weighted by Gasteiger charge is -2.17. The van der Waals surface area contributed by atoms with Gasteiger partial charge in [0, 0.05) is 55.7 Å². The minimum Gasteiger partial charge on any atom is -0.465 e. The van der Waals surface area contributed by atoms with E-state index in [9.17, 15) is 19.2 Å². The Morgan fingerprint density at radius 1 is 0.811 bits per heavy atom. The first-order valence-corrected chi connectivity index (χ1v) is 19.5. The van der Waals surface area contributed by atoms with E-state index in [1.165, 1.54) is 36.9 Å². The zero-order valence-electron chi connectivity index (χ0n) is 32.4. The number of ether oxygens (including phenoxy) is 4. The monoisotopic (exact) mass is 836 g/mol. The second-order valence-corrected chi connectivity index (χ2v) is 17.1. The van der Waals surface area contributed by atoms with Crippen molar-refractivity contribution in [3.63, 3.8) is 0 Å². The standard InChI is InChI=1S/C19H26N2O4S.C12H13BrO2S.C7H14N2O2/c1-19(2,3)8-6-13-12-15(16(26-13)18(23)25-5)20-14-7-9-21(17(14)22)10-11-24-4;1-12(2,3)6-5-8-7-9(13)10(16-8)11(14)15-4;1-11-5-4-9-3-2-6(8)7(9)10/h12,14,20H,7,9-11H2,1-5H3;7H,1-4H3;6H,2-5,8H2,1H3/t14-;;6-/m0.0/s1. The lowest BCUT2D eigenvalue weighted by Crippen LogP contribution is -2.35. The summed E-state index contributed by atoms with van der Waals surface area (Å²) in [6, 6.07) is 3.04. The molecule has 0 aliphatic carbocycles. The van der Waals surface area contributed by atoms with Gasteiger partial charge in [0.2, 0.25) is 11.8 Å². The summed E-state index contributed by atoms with van der Waals surface area (Å²) in [4.78, 5) is 53.3. The molecular weight excluding hydrogens is 784 g/mol. The van der Waals surface area contributed by atoms with Crippen molar-refractivity contribution in [2.24, 2.45) is 16.6 Å². The Morgan fingerprint density at radius 2 is 1.28 bits per heavy atom. The number of anilines is 1. The van der Waals surface area contributed by atoms with Crippen molar-refractivity contribution in [3.8, 4) is 23.7 Å². The van der Waals surface area contributed by atoms with Crippen LogP contribution in [0.2, 0.25) is 0 Å². The third-order valence-corrected chi connectivity index (χ3v) is 10.3. The number of nitrogens with one attached hydrogen (secondary N) is 1. The molecule has 0 bridgehead atoms. The maximum Gasteiger partial charge on any atom is 0.350 e. The Hall–Kier alpha value is -3.44. The number of hydrogen-bond donors (Lipinski definition) is 2. The predicted octanol–water partition coefficient (Wildman–Crippen LogP) is 5.48. The zero-order valence-corrected chi connectivity index (χ0v) is 35.6. The minimum atomic E-state index is -0.428. The van der Waals surface area contributed by atoms with Crippen molar-refractivity contribution < 1.29 is 38.1 Å². The Kier molecular flexibility index (Phi) is 18.5. The topological polar surface area (TPSA) is 150 Å². The quantitative estimate of drug-likeness (QED) is 0.233. The van der Waals surface area contributed by atoms with Gasteiger partial charge in [0.15, 0.2) is 0 Å². The van der Waals surface area contributed by atoms with Gasteiger partial charge in [-0.25, -0.2) is 9.59 Å². The Bertz CT molecular complexity index is 1690. The summed E-state index contributed by atoms with van der Waals surface area (Å²) in [6.07, 6.45) is 1.46. The maximum atomic E-state index is 12.5. The normalized spacial score (nSPS) is 16.7. The molecule has 2 amide bonds. The van der Waals surface area contributed by atoms with Gasteiger partial charge in [-0.15, -0.1) is 22.7 Å². The van der Waals surface area contributed by atoms with Gasteiger partial charge in [-0.1, -0.05) is 23.7 Å². The van der Waals surface area contributed by atoms with E-state index in [1.54, 1.807) is 24.0 Å². The van der Waals surface area contributed by atoms with Crippen LogP contribution in [0.15, 0.2) is 16.6 Å². The summed E-state index contributed by atoms with van der Waals surface area (Å²) < 4.78 is 20.2. The smallest absolute Gasteiger partial charge is 0.350 e. The molecule has 0 spiro atoms. The highest BCUT2D eigenvalue weighted by atomic mass is 79.9. The van der Waals surface area contributed by atoms with E-state index in [1.807, 2.05) is 53.7 Å². The highest BCUT2D eigenvalue weighted by Crippen LogP contribution is 2.30. The van der Waals surface area contributed by atoms with Crippen LogP contribution in [-0.2, 0) is 28.5 Å². The summed E-state index contributed by atoms with van der Waals surface area (Å²) in [5.74, 6) is 11.8. The molecule has 2 saturated heterocycles. The molecule has 292 valence electrons. The number of carbonyl (C=O) groups excluding carboxylic acids is 4. The third kappa shape index (κ3) is 15.4. The molecule has 2 aromatic heterocycles. The number of thiophene rings is 2. The van der Waals surface area contributed by atoms with Crippen LogP contribution in [0.1, 0.15) is 83.5 Å². The summed E-state index contributed by atoms with van der Waals surface area (Å²) in [6.45, 7) is 16.0. The van der Waals surface area contributed by atoms with Gasteiger partial charge in [0.05, 0.1) is 48.9 Å². The molecule has 3 N–H and O–H groups in total.